The molecule has 1 rings (SSSR count). The van der Waals surface area contributed by atoms with Crippen molar-refractivity contribution >= 4 is 11.9 Å². The number of likely N-dealkylation sites (tertiary alicyclic amines) is 1. The van der Waals surface area contributed by atoms with E-state index < -0.39 is 17.2 Å². The molecule has 1 heterocycles. The zero-order valence-electron chi connectivity index (χ0n) is 11.6. The highest BCUT2D eigenvalue weighted by atomic mass is 16.6. The molecule has 1 amide bonds. The Hall–Kier alpha value is -1.50. The lowest BCUT2D eigenvalue weighted by Gasteiger charge is -2.34. The van der Waals surface area contributed by atoms with E-state index in [1.165, 1.54) is 4.90 Å². The molecule has 0 aromatic rings. The van der Waals surface area contributed by atoms with E-state index in [0.717, 1.165) is 6.42 Å². The average molecular weight is 251 g/mol. The fourth-order valence-electron chi connectivity index (χ4n) is 2.15. The van der Waals surface area contributed by atoms with E-state index in [1.807, 2.05) is 20.8 Å². The predicted molar refractivity (Wildman–Crippen MR) is 69.0 cm³/mol. The molecule has 0 radical (unpaired) electrons. The van der Waals surface area contributed by atoms with E-state index in [0.29, 0.717) is 13.0 Å². The number of ether oxygens (including phenoxy) is 1. The van der Waals surface area contributed by atoms with Crippen molar-refractivity contribution in [1.82, 2.24) is 4.90 Å². The van der Waals surface area contributed by atoms with Gasteiger partial charge in [-0.25, -0.2) is 4.79 Å². The average Bonchev–Trinajstić information content (AvgIpc) is 2.59. The highest BCUT2D eigenvalue weighted by molar-refractivity contribution is 5.93. The van der Waals surface area contributed by atoms with Crippen molar-refractivity contribution in [3.8, 4) is 12.3 Å². The molecule has 4 nitrogen and oxygen atoms in total. The van der Waals surface area contributed by atoms with Gasteiger partial charge in [0.1, 0.15) is 11.1 Å². The highest BCUT2D eigenvalue weighted by Crippen LogP contribution is 2.32. The quantitative estimate of drug-likeness (QED) is 0.708. The van der Waals surface area contributed by atoms with Crippen LogP contribution >= 0.6 is 0 Å². The maximum atomic E-state index is 12.1. The molecular weight excluding hydrogens is 230 g/mol. The van der Waals surface area contributed by atoms with E-state index >= 15 is 0 Å². The number of hydrogen-bond acceptors (Lipinski definition) is 3. The monoisotopic (exact) mass is 251 g/mol. The number of Topliss-reactive ketones (excluding diaryl/α,β-unsaturated/α-hetero) is 1. The molecule has 0 aromatic heterocycles. The van der Waals surface area contributed by atoms with E-state index in [2.05, 4.69) is 5.92 Å². The molecule has 1 atom stereocenters. The lowest BCUT2D eigenvalue weighted by molar-refractivity contribution is -0.127. The number of amides is 1. The number of carbonyl (C=O) groups excluding carboxylic acids is 2. The van der Waals surface area contributed by atoms with E-state index in [9.17, 15) is 9.59 Å². The third-order valence-electron chi connectivity index (χ3n) is 3.12. The second-order valence-electron chi connectivity index (χ2n) is 5.81. The first-order chi connectivity index (χ1) is 8.20. The molecule has 0 aromatic carbocycles. The number of hydrogen-bond donors (Lipinski definition) is 0. The van der Waals surface area contributed by atoms with E-state index in [1.54, 1.807) is 6.92 Å². The third kappa shape index (κ3) is 3.04. The van der Waals surface area contributed by atoms with Gasteiger partial charge >= 0.3 is 6.09 Å². The highest BCUT2D eigenvalue weighted by Gasteiger charge is 2.46. The minimum atomic E-state index is -0.811. The molecule has 0 spiro atoms. The minimum Gasteiger partial charge on any atom is -0.444 e. The van der Waals surface area contributed by atoms with Crippen molar-refractivity contribution in [3.63, 3.8) is 0 Å². The molecule has 100 valence electrons. The summed E-state index contributed by atoms with van der Waals surface area (Å²) in [6, 6.07) is 0. The molecule has 1 fully saturated rings. The van der Waals surface area contributed by atoms with Gasteiger partial charge in [-0.2, -0.15) is 0 Å². The van der Waals surface area contributed by atoms with Crippen LogP contribution in [0.1, 0.15) is 47.0 Å². The molecule has 0 saturated carbocycles. The minimum absolute atomic E-state index is 0.0514. The van der Waals surface area contributed by atoms with Gasteiger partial charge in [0, 0.05) is 6.54 Å². The topological polar surface area (TPSA) is 46.6 Å². The molecule has 0 aliphatic carbocycles. The van der Waals surface area contributed by atoms with Gasteiger partial charge in [0.05, 0.1) is 6.42 Å². The second kappa shape index (κ2) is 5.01. The van der Waals surface area contributed by atoms with Gasteiger partial charge < -0.3 is 4.74 Å². The van der Waals surface area contributed by atoms with E-state index in [-0.39, 0.29) is 12.2 Å². The predicted octanol–water partition coefficient (Wildman–Crippen LogP) is 2.37. The normalized spacial score (nSPS) is 23.6. The number of carbonyl (C=O) groups is 2. The van der Waals surface area contributed by atoms with Crippen LogP contribution in [0.5, 0.6) is 0 Å². The van der Waals surface area contributed by atoms with Crippen LogP contribution in [0.25, 0.3) is 0 Å². The Morgan fingerprint density at radius 3 is 2.56 bits per heavy atom. The van der Waals surface area contributed by atoms with Gasteiger partial charge in [-0.1, -0.05) is 5.92 Å². The van der Waals surface area contributed by atoms with Crippen molar-refractivity contribution < 1.29 is 14.3 Å². The Labute approximate surface area is 109 Å². The third-order valence-corrected chi connectivity index (χ3v) is 3.12. The summed E-state index contributed by atoms with van der Waals surface area (Å²) >= 11 is 0. The molecule has 18 heavy (non-hydrogen) atoms. The maximum Gasteiger partial charge on any atom is 0.411 e. The number of rotatable bonds is 2. The lowest BCUT2D eigenvalue weighted by Crippen LogP contribution is -2.52. The van der Waals surface area contributed by atoms with Crippen molar-refractivity contribution in [1.29, 1.82) is 0 Å². The maximum absolute atomic E-state index is 12.1. The first-order valence-corrected chi connectivity index (χ1v) is 6.18. The first-order valence-electron chi connectivity index (χ1n) is 6.18. The summed E-state index contributed by atoms with van der Waals surface area (Å²) in [5.74, 6) is 2.26. The lowest BCUT2D eigenvalue weighted by atomic mass is 9.91. The summed E-state index contributed by atoms with van der Waals surface area (Å²) in [7, 11) is 0. The molecule has 0 N–H and O–H groups in total. The molecule has 1 unspecified atom stereocenters. The standard InChI is InChI=1S/C14H21NO3/c1-6-8-11(16)14(5)9-7-10-15(14)12(17)18-13(2,3)4/h1H,7-10H2,2-5H3. The summed E-state index contributed by atoms with van der Waals surface area (Å²) in [4.78, 5) is 25.7. The van der Waals surface area contributed by atoms with Gasteiger partial charge in [0.15, 0.2) is 5.78 Å². The SMILES string of the molecule is C#CCC(=O)C1(C)CCCN1C(=O)OC(C)(C)C. The fourth-order valence-corrected chi connectivity index (χ4v) is 2.15. The van der Waals surface area contributed by atoms with Gasteiger partial charge in [-0.15, -0.1) is 6.42 Å². The van der Waals surface area contributed by atoms with Crippen molar-refractivity contribution in [2.45, 2.75) is 58.1 Å². The second-order valence-corrected chi connectivity index (χ2v) is 5.81. The Morgan fingerprint density at radius 1 is 1.44 bits per heavy atom. The summed E-state index contributed by atoms with van der Waals surface area (Å²) in [6.45, 7) is 7.73. The molecule has 1 saturated heterocycles. The van der Waals surface area contributed by atoms with Crippen LogP contribution in [0, 0.1) is 12.3 Å². The zero-order valence-corrected chi connectivity index (χ0v) is 11.6. The summed E-state index contributed by atoms with van der Waals surface area (Å²) in [5, 5.41) is 0. The summed E-state index contributed by atoms with van der Waals surface area (Å²) < 4.78 is 5.33. The Kier molecular flexibility index (Phi) is 4.05. The number of terminal acetylenes is 1. The molecular formula is C14H21NO3. The van der Waals surface area contributed by atoms with Crippen LogP contribution in [0.3, 0.4) is 0 Å². The first kappa shape index (κ1) is 14.6. The zero-order chi connectivity index (χ0) is 14.0. The van der Waals surface area contributed by atoms with Crippen LogP contribution in [0.2, 0.25) is 0 Å². The molecule has 1 aliphatic rings. The fraction of sp³-hybridized carbons (Fsp3) is 0.714. The van der Waals surface area contributed by atoms with Crippen molar-refractivity contribution in [2.75, 3.05) is 6.54 Å². The Morgan fingerprint density at radius 2 is 2.06 bits per heavy atom. The number of ketones is 1. The largest absolute Gasteiger partial charge is 0.444 e. The smallest absolute Gasteiger partial charge is 0.411 e. The van der Waals surface area contributed by atoms with Crippen LogP contribution in [-0.4, -0.2) is 34.5 Å². The molecule has 4 heteroatoms. The van der Waals surface area contributed by atoms with Gasteiger partial charge in [-0.3, -0.25) is 9.69 Å². The van der Waals surface area contributed by atoms with Gasteiger partial charge in [-0.05, 0) is 40.5 Å². The number of nitrogens with zero attached hydrogens (tertiary/aromatic N) is 1. The molecule has 0 bridgehead atoms. The van der Waals surface area contributed by atoms with Crippen LogP contribution in [0.4, 0.5) is 4.79 Å². The van der Waals surface area contributed by atoms with Gasteiger partial charge in [0.25, 0.3) is 0 Å². The van der Waals surface area contributed by atoms with Crippen LogP contribution in [0.15, 0.2) is 0 Å². The van der Waals surface area contributed by atoms with E-state index in [4.69, 9.17) is 11.2 Å². The molecule has 1 aliphatic heterocycles. The van der Waals surface area contributed by atoms with Crippen LogP contribution in [-0.2, 0) is 9.53 Å². The van der Waals surface area contributed by atoms with Crippen LogP contribution < -0.4 is 0 Å². The summed E-state index contributed by atoms with van der Waals surface area (Å²) in [6.07, 6.45) is 6.23. The van der Waals surface area contributed by atoms with Crippen molar-refractivity contribution in [3.05, 3.63) is 0 Å². The van der Waals surface area contributed by atoms with Gasteiger partial charge in [0.2, 0.25) is 0 Å². The van der Waals surface area contributed by atoms with Crippen molar-refractivity contribution in [2.24, 2.45) is 0 Å². The Bertz CT molecular complexity index is 389. The summed E-state index contributed by atoms with van der Waals surface area (Å²) in [5.41, 5.74) is -1.37. The Balaban J connectivity index is 2.85.